The maximum Gasteiger partial charge on any atom is 1.00 e. The van der Waals surface area contributed by atoms with Crippen molar-refractivity contribution in [3.63, 3.8) is 0 Å². The normalized spacial score (nSPS) is 9.75. The monoisotopic (exact) mass is 258 g/mol. The number of hydrogen-bond acceptors (Lipinski definition) is 4. The minimum absolute atomic E-state index is 0. The molecule has 0 aliphatic carbocycles. The Labute approximate surface area is 82.3 Å². The van der Waals surface area contributed by atoms with Crippen molar-refractivity contribution in [1.29, 1.82) is 0 Å². The second kappa shape index (κ2) is 3.18. The van der Waals surface area contributed by atoms with Gasteiger partial charge in [-0.05, 0) is 6.92 Å². The third-order valence-corrected chi connectivity index (χ3v) is 1.31. The summed E-state index contributed by atoms with van der Waals surface area (Å²) in [5.41, 5.74) is 0.336. The van der Waals surface area contributed by atoms with Crippen LogP contribution in [0.3, 0.4) is 0 Å². The summed E-state index contributed by atoms with van der Waals surface area (Å²) in [5, 5.41) is 9.61. The van der Waals surface area contributed by atoms with Crippen LogP contribution in [0.15, 0.2) is 4.79 Å². The molecule has 0 atom stereocenters. The van der Waals surface area contributed by atoms with Gasteiger partial charge in [-0.3, -0.25) is 4.79 Å². The fourth-order valence-corrected chi connectivity index (χ4v) is 0.866. The van der Waals surface area contributed by atoms with Gasteiger partial charge in [-0.15, -0.1) is 10.2 Å². The summed E-state index contributed by atoms with van der Waals surface area (Å²) in [6.07, 6.45) is 0. The minimum Gasteiger partial charge on any atom is -0.309 e. The molecule has 2 aromatic rings. The van der Waals surface area contributed by atoms with Gasteiger partial charge in [0.15, 0.2) is 5.52 Å². The molecule has 0 aromatic carbocycles. The summed E-state index contributed by atoms with van der Waals surface area (Å²) in [7, 11) is 0. The van der Waals surface area contributed by atoms with Gasteiger partial charge in [0.05, 0.1) is 0 Å². The fraction of sp³-hybridized carbons (Fsp3) is 0.200. The number of aryl methyl sites for hydroxylation is 1. The molecule has 7 heteroatoms. The first-order chi connectivity index (χ1) is 5.27. The first kappa shape index (κ1) is 9.11. The largest absolute Gasteiger partial charge is 1.00 e. The van der Waals surface area contributed by atoms with E-state index in [-0.39, 0.29) is 33.5 Å². The van der Waals surface area contributed by atoms with Gasteiger partial charge in [0, 0.05) is 0 Å². The van der Waals surface area contributed by atoms with Crippen LogP contribution in [0, 0.1) is 6.92 Å². The molecule has 2 N–H and O–H groups in total. The molecular weight excluding hydrogens is 254 g/mol. The van der Waals surface area contributed by atoms with E-state index in [1.165, 1.54) is 0 Å². The third kappa shape index (κ3) is 1.31. The summed E-state index contributed by atoms with van der Waals surface area (Å²) < 4.78 is 0. The Morgan fingerprint density at radius 1 is 1.33 bits per heavy atom. The molecule has 2 heterocycles. The van der Waals surface area contributed by atoms with E-state index in [1.807, 2.05) is 0 Å². The maximum atomic E-state index is 11.0. The summed E-state index contributed by atoms with van der Waals surface area (Å²) in [6, 6.07) is 0. The zero-order chi connectivity index (χ0) is 7.84. The molecule has 2 aromatic heterocycles. The molecule has 0 amide bonds. The van der Waals surface area contributed by atoms with Gasteiger partial charge >= 0.3 is 22.4 Å². The molecule has 12 heavy (non-hydrogen) atoms. The van der Waals surface area contributed by atoms with Crippen molar-refractivity contribution in [2.75, 3.05) is 0 Å². The Morgan fingerprint density at radius 2 is 2.08 bits per heavy atom. The maximum absolute atomic E-state index is 11.0. The summed E-state index contributed by atoms with van der Waals surface area (Å²) >= 11 is 0. The first-order valence-corrected chi connectivity index (χ1v) is 3.05. The molecule has 0 aliphatic rings. The van der Waals surface area contributed by atoms with Crippen LogP contribution in [-0.4, -0.2) is 25.4 Å². The Morgan fingerprint density at radius 3 is 2.83 bits per heavy atom. The molecule has 0 spiro atoms. The number of nitrogens with one attached hydrogen (secondary N) is 2. The molecule has 2 rings (SSSR count). The van der Waals surface area contributed by atoms with Crippen molar-refractivity contribution < 1.29 is 22.4 Å². The van der Waals surface area contributed by atoms with Gasteiger partial charge in [0.2, 0.25) is 5.65 Å². The number of hydrogen-bond donors (Lipinski definition) is 2. The van der Waals surface area contributed by atoms with Gasteiger partial charge in [-0.1, -0.05) is 0 Å². The van der Waals surface area contributed by atoms with E-state index in [9.17, 15) is 4.79 Å². The second-order valence-corrected chi connectivity index (χ2v) is 2.15. The van der Waals surface area contributed by atoms with Crippen molar-refractivity contribution in [3.05, 3.63) is 16.2 Å². The molecule has 0 unspecified atom stereocenters. The van der Waals surface area contributed by atoms with Gasteiger partial charge in [0.25, 0.3) is 5.56 Å². The van der Waals surface area contributed by atoms with Crippen molar-refractivity contribution in [2.45, 2.75) is 6.92 Å². The van der Waals surface area contributed by atoms with Gasteiger partial charge in [-0.2, -0.15) is 5.21 Å². The van der Waals surface area contributed by atoms with Crippen LogP contribution >= 0.6 is 0 Å². The number of aromatic nitrogens is 5. The SMILES string of the molecule is Cc1nc2n[nH]nc2c(=O)[nH]1.[Ag+]. The Hall–Kier alpha value is -0.980. The molecule has 0 saturated heterocycles. The molecule has 6 nitrogen and oxygen atoms in total. The quantitative estimate of drug-likeness (QED) is 0.615. The summed E-state index contributed by atoms with van der Waals surface area (Å²) in [6.45, 7) is 1.69. The summed E-state index contributed by atoms with van der Waals surface area (Å²) in [4.78, 5) is 17.5. The molecule has 66 valence electrons. The van der Waals surface area contributed by atoms with Crippen LogP contribution in [0.25, 0.3) is 11.2 Å². The van der Waals surface area contributed by atoms with E-state index in [0.717, 1.165) is 0 Å². The van der Waals surface area contributed by atoms with Crippen molar-refractivity contribution in [1.82, 2.24) is 25.4 Å². The Balaban J connectivity index is 0.000000720. The summed E-state index contributed by atoms with van der Waals surface area (Å²) in [5.74, 6) is 0.538. The molecule has 0 bridgehead atoms. The van der Waals surface area contributed by atoms with Crippen LogP contribution in [0.5, 0.6) is 0 Å². The third-order valence-electron chi connectivity index (χ3n) is 1.31. The first-order valence-electron chi connectivity index (χ1n) is 3.05. The van der Waals surface area contributed by atoms with Crippen LogP contribution in [-0.2, 0) is 22.4 Å². The predicted octanol–water partition coefficient (Wildman–Crippen LogP) is -0.653. The van der Waals surface area contributed by atoms with E-state index in [0.29, 0.717) is 11.5 Å². The van der Waals surface area contributed by atoms with E-state index in [2.05, 4.69) is 25.4 Å². The van der Waals surface area contributed by atoms with Crippen LogP contribution in [0.4, 0.5) is 0 Å². The number of H-pyrrole nitrogens is 2. The van der Waals surface area contributed by atoms with Crippen LogP contribution in [0.2, 0.25) is 0 Å². The Kier molecular flexibility index (Phi) is 2.41. The second-order valence-electron chi connectivity index (χ2n) is 2.15. The molecule has 0 saturated carbocycles. The van der Waals surface area contributed by atoms with Crippen molar-refractivity contribution in [3.8, 4) is 0 Å². The Bertz CT molecular complexity index is 446. The standard InChI is InChI=1S/C5H5N5O.Ag/c1-2-6-4-3(5(11)7-2)8-10-9-4;/h1H3,(H2,6,7,8,9,10,11);/q;+1. The fourth-order valence-electron chi connectivity index (χ4n) is 0.866. The number of aromatic amines is 2. The van der Waals surface area contributed by atoms with E-state index >= 15 is 0 Å². The van der Waals surface area contributed by atoms with Gasteiger partial charge < -0.3 is 4.98 Å². The minimum atomic E-state index is -0.263. The molecular formula is C5H5AgN5O+. The van der Waals surface area contributed by atoms with E-state index < -0.39 is 0 Å². The van der Waals surface area contributed by atoms with Crippen molar-refractivity contribution in [2.24, 2.45) is 0 Å². The van der Waals surface area contributed by atoms with Crippen molar-refractivity contribution >= 4 is 11.2 Å². The zero-order valence-electron chi connectivity index (χ0n) is 6.05. The molecule has 0 aliphatic heterocycles. The average molecular weight is 259 g/mol. The number of nitrogens with zero attached hydrogens (tertiary/aromatic N) is 3. The van der Waals surface area contributed by atoms with Gasteiger partial charge in [-0.25, -0.2) is 4.98 Å². The smallest absolute Gasteiger partial charge is 0.309 e. The van der Waals surface area contributed by atoms with Crippen LogP contribution in [0.1, 0.15) is 5.82 Å². The number of fused-ring (bicyclic) bond motifs is 1. The zero-order valence-corrected chi connectivity index (χ0v) is 7.53. The van der Waals surface area contributed by atoms with E-state index in [1.54, 1.807) is 6.92 Å². The van der Waals surface area contributed by atoms with E-state index in [4.69, 9.17) is 0 Å². The average Bonchev–Trinajstić information content (AvgIpc) is 2.34. The molecule has 0 fully saturated rings. The number of rotatable bonds is 0. The van der Waals surface area contributed by atoms with Crippen LogP contribution < -0.4 is 5.56 Å². The van der Waals surface area contributed by atoms with Gasteiger partial charge in [0.1, 0.15) is 5.82 Å². The predicted molar refractivity (Wildman–Crippen MR) is 37.0 cm³/mol. The molecule has 0 radical (unpaired) electrons. The topological polar surface area (TPSA) is 87.3 Å².